The number of carbonyl (C=O) groups is 2. The highest BCUT2D eigenvalue weighted by atomic mass is 32.2. The Labute approximate surface area is 169 Å². The molecule has 2 aromatic rings. The monoisotopic (exact) mass is 415 g/mol. The summed E-state index contributed by atoms with van der Waals surface area (Å²) in [6, 6.07) is 13.3. The van der Waals surface area contributed by atoms with Crippen molar-refractivity contribution in [2.75, 3.05) is 5.32 Å². The number of ether oxygens (including phenoxy) is 2. The molecule has 0 atom stereocenters. The quantitative estimate of drug-likeness (QED) is 0.455. The Balaban J connectivity index is 1.68. The maximum absolute atomic E-state index is 12.5. The highest BCUT2D eigenvalue weighted by molar-refractivity contribution is 7.90. The van der Waals surface area contributed by atoms with E-state index in [9.17, 15) is 18.0 Å². The molecule has 1 aliphatic heterocycles. The molecule has 0 aliphatic carbocycles. The van der Waals surface area contributed by atoms with Crippen molar-refractivity contribution in [1.29, 1.82) is 0 Å². The van der Waals surface area contributed by atoms with E-state index in [-0.39, 0.29) is 16.2 Å². The number of benzene rings is 2. The summed E-state index contributed by atoms with van der Waals surface area (Å²) in [4.78, 5) is 24.1. The summed E-state index contributed by atoms with van der Waals surface area (Å²) in [5.74, 6) is -2.99. The molecule has 152 valence electrons. The van der Waals surface area contributed by atoms with Crippen molar-refractivity contribution >= 4 is 27.5 Å². The van der Waals surface area contributed by atoms with Crippen LogP contribution in [0.3, 0.4) is 0 Å². The lowest BCUT2D eigenvalue weighted by Gasteiger charge is -2.29. The Morgan fingerprint density at radius 1 is 0.931 bits per heavy atom. The molecule has 1 fully saturated rings. The third-order valence-corrected chi connectivity index (χ3v) is 5.89. The van der Waals surface area contributed by atoms with E-state index in [1.54, 1.807) is 48.5 Å². The predicted octanol–water partition coefficient (Wildman–Crippen LogP) is 3.10. The summed E-state index contributed by atoms with van der Waals surface area (Å²) >= 11 is 0. The van der Waals surface area contributed by atoms with E-state index < -0.39 is 27.6 Å². The van der Waals surface area contributed by atoms with Crippen LogP contribution in [0.2, 0.25) is 0 Å². The van der Waals surface area contributed by atoms with Crippen LogP contribution < -0.4 is 5.32 Å². The lowest BCUT2D eigenvalue weighted by atomic mass is 10.2. The number of cyclic esters (lactones) is 2. The predicted molar refractivity (Wildman–Crippen MR) is 106 cm³/mol. The van der Waals surface area contributed by atoms with Crippen molar-refractivity contribution in [1.82, 2.24) is 0 Å². The van der Waals surface area contributed by atoms with Crippen LogP contribution >= 0.6 is 0 Å². The van der Waals surface area contributed by atoms with Gasteiger partial charge in [-0.2, -0.15) is 0 Å². The van der Waals surface area contributed by atoms with Crippen LogP contribution in [0.25, 0.3) is 0 Å². The highest BCUT2D eigenvalue weighted by Gasteiger charge is 2.38. The van der Waals surface area contributed by atoms with Crippen LogP contribution in [0.5, 0.6) is 0 Å². The van der Waals surface area contributed by atoms with E-state index in [0.717, 1.165) is 5.56 Å². The minimum absolute atomic E-state index is 0.134. The number of hydrogen-bond acceptors (Lipinski definition) is 7. The van der Waals surface area contributed by atoms with Crippen molar-refractivity contribution in [2.45, 2.75) is 37.2 Å². The Bertz CT molecular complexity index is 1050. The molecule has 8 heteroatoms. The molecular weight excluding hydrogens is 394 g/mol. The van der Waals surface area contributed by atoms with Crippen LogP contribution in [-0.2, 0) is 34.7 Å². The number of nitrogens with one attached hydrogen (secondary N) is 1. The molecule has 2 aromatic carbocycles. The SMILES string of the molecule is Cc1ccc(S(=O)(=O)Cc2ccc(NC=C3C(=O)OC(C)(C)OC3=O)cc2)cc1. The topological polar surface area (TPSA) is 98.8 Å². The lowest BCUT2D eigenvalue weighted by Crippen LogP contribution is -2.42. The van der Waals surface area contributed by atoms with Gasteiger partial charge in [0.2, 0.25) is 0 Å². The largest absolute Gasteiger partial charge is 0.419 e. The molecule has 0 spiro atoms. The molecule has 0 unspecified atom stereocenters. The van der Waals surface area contributed by atoms with Crippen LogP contribution in [0.15, 0.2) is 65.2 Å². The number of carbonyl (C=O) groups excluding carboxylic acids is 2. The van der Waals surface area contributed by atoms with Crippen molar-refractivity contribution in [3.63, 3.8) is 0 Å². The molecule has 3 rings (SSSR count). The van der Waals surface area contributed by atoms with E-state index in [1.807, 2.05) is 6.92 Å². The third-order valence-electron chi connectivity index (χ3n) is 4.19. The minimum Gasteiger partial charge on any atom is -0.419 e. The molecule has 1 aliphatic rings. The van der Waals surface area contributed by atoms with Crippen molar-refractivity contribution < 1.29 is 27.5 Å². The third kappa shape index (κ3) is 5.03. The summed E-state index contributed by atoms with van der Waals surface area (Å²) in [5.41, 5.74) is 1.92. The van der Waals surface area contributed by atoms with Gasteiger partial charge in [-0.15, -0.1) is 0 Å². The second-order valence-corrected chi connectivity index (χ2v) is 9.14. The zero-order valence-electron chi connectivity index (χ0n) is 16.3. The number of anilines is 1. The smallest absolute Gasteiger partial charge is 0.350 e. The van der Waals surface area contributed by atoms with E-state index in [0.29, 0.717) is 11.3 Å². The Kier molecular flexibility index (Phi) is 5.48. The molecule has 7 nitrogen and oxygen atoms in total. The summed E-state index contributed by atoms with van der Waals surface area (Å²) in [7, 11) is -3.45. The van der Waals surface area contributed by atoms with Gasteiger partial charge >= 0.3 is 11.9 Å². The van der Waals surface area contributed by atoms with E-state index >= 15 is 0 Å². The fraction of sp³-hybridized carbons (Fsp3) is 0.238. The van der Waals surface area contributed by atoms with Crippen LogP contribution in [0, 0.1) is 6.92 Å². The van der Waals surface area contributed by atoms with E-state index in [4.69, 9.17) is 9.47 Å². The molecule has 0 radical (unpaired) electrons. The number of hydrogen-bond donors (Lipinski definition) is 1. The molecule has 0 aromatic heterocycles. The number of aryl methyl sites for hydroxylation is 1. The van der Waals surface area contributed by atoms with Gasteiger partial charge in [0.05, 0.1) is 10.6 Å². The zero-order chi connectivity index (χ0) is 21.2. The Hall–Kier alpha value is -3.13. The lowest BCUT2D eigenvalue weighted by molar-refractivity contribution is -0.222. The average molecular weight is 415 g/mol. The van der Waals surface area contributed by atoms with Crippen LogP contribution in [-0.4, -0.2) is 26.1 Å². The maximum Gasteiger partial charge on any atom is 0.350 e. The van der Waals surface area contributed by atoms with Gasteiger partial charge in [0.15, 0.2) is 15.4 Å². The van der Waals surface area contributed by atoms with Gasteiger partial charge in [0.25, 0.3) is 5.79 Å². The first-order valence-corrected chi connectivity index (χ1v) is 10.5. The fourth-order valence-corrected chi connectivity index (χ4v) is 4.03. The first-order valence-electron chi connectivity index (χ1n) is 8.87. The van der Waals surface area contributed by atoms with E-state index in [1.165, 1.54) is 20.0 Å². The van der Waals surface area contributed by atoms with Gasteiger partial charge in [-0.05, 0) is 36.8 Å². The summed E-state index contributed by atoms with van der Waals surface area (Å²) in [6.07, 6.45) is 1.21. The van der Waals surface area contributed by atoms with Crippen LogP contribution in [0.1, 0.15) is 25.0 Å². The van der Waals surface area contributed by atoms with Crippen molar-refractivity contribution in [3.8, 4) is 0 Å². The first kappa shape index (κ1) is 20.6. The number of sulfone groups is 1. The Morgan fingerprint density at radius 2 is 1.48 bits per heavy atom. The van der Waals surface area contributed by atoms with Gasteiger partial charge in [-0.1, -0.05) is 29.8 Å². The molecule has 1 N–H and O–H groups in total. The van der Waals surface area contributed by atoms with E-state index in [2.05, 4.69) is 5.32 Å². The molecule has 1 heterocycles. The molecular formula is C21H21NO6S. The minimum atomic E-state index is -3.45. The van der Waals surface area contributed by atoms with Crippen molar-refractivity contribution in [2.24, 2.45) is 0 Å². The normalized spacial score (nSPS) is 16.0. The first-order chi connectivity index (χ1) is 13.6. The van der Waals surface area contributed by atoms with Gasteiger partial charge in [0, 0.05) is 25.7 Å². The van der Waals surface area contributed by atoms with Gasteiger partial charge < -0.3 is 14.8 Å². The fourth-order valence-electron chi connectivity index (χ4n) is 2.68. The molecule has 29 heavy (non-hydrogen) atoms. The zero-order valence-corrected chi connectivity index (χ0v) is 17.1. The molecule has 0 saturated carbocycles. The molecule has 0 bridgehead atoms. The summed E-state index contributed by atoms with van der Waals surface area (Å²) in [6.45, 7) is 4.83. The second kappa shape index (κ2) is 7.71. The molecule has 1 saturated heterocycles. The van der Waals surface area contributed by atoms with Gasteiger partial charge in [0.1, 0.15) is 0 Å². The molecule has 0 amide bonds. The van der Waals surface area contributed by atoms with Gasteiger partial charge in [-0.25, -0.2) is 18.0 Å². The highest BCUT2D eigenvalue weighted by Crippen LogP contribution is 2.23. The maximum atomic E-state index is 12.5. The Morgan fingerprint density at radius 3 is 2.03 bits per heavy atom. The summed E-state index contributed by atoms with van der Waals surface area (Å²) < 4.78 is 35.1. The standard InChI is InChI=1S/C21H21NO6S/c1-14-4-10-17(11-5-14)29(25,26)13-15-6-8-16(9-7-15)22-12-18-19(23)27-21(2,3)28-20(18)24/h4-12,22H,13H2,1-3H3. The van der Waals surface area contributed by atoms with Crippen LogP contribution in [0.4, 0.5) is 5.69 Å². The number of esters is 2. The summed E-state index contributed by atoms with van der Waals surface area (Å²) in [5, 5.41) is 2.82. The average Bonchev–Trinajstić information content (AvgIpc) is 2.61. The van der Waals surface area contributed by atoms with Gasteiger partial charge in [-0.3, -0.25) is 0 Å². The second-order valence-electron chi connectivity index (χ2n) is 7.15. The number of rotatable bonds is 5. The van der Waals surface area contributed by atoms with Crippen molar-refractivity contribution in [3.05, 3.63) is 71.4 Å².